The minimum Gasteiger partial charge on any atom is -0.464 e. The average molecular weight is 372 g/mol. The summed E-state index contributed by atoms with van der Waals surface area (Å²) in [5.41, 5.74) is 2.37. The predicted octanol–water partition coefficient (Wildman–Crippen LogP) is 1.09. The Bertz CT molecular complexity index is 874. The van der Waals surface area contributed by atoms with Gasteiger partial charge in [0.2, 0.25) is 0 Å². The van der Waals surface area contributed by atoms with Gasteiger partial charge in [-0.05, 0) is 36.4 Å². The largest absolute Gasteiger partial charge is 0.464 e. The molecule has 0 radical (unpaired) electrons. The molecule has 2 rings (SSSR count). The van der Waals surface area contributed by atoms with E-state index in [9.17, 15) is 18.0 Å². The Morgan fingerprint density at radius 1 is 1.12 bits per heavy atom. The molecule has 0 bridgehead atoms. The molecule has 24 heavy (non-hydrogen) atoms. The van der Waals surface area contributed by atoms with E-state index in [0.29, 0.717) is 5.02 Å². The second-order valence-electron chi connectivity index (χ2n) is 4.67. The Morgan fingerprint density at radius 3 is 2.33 bits per heavy atom. The molecular formula is C14H14ClN3O5S. The van der Waals surface area contributed by atoms with E-state index in [0.717, 1.165) is 4.57 Å². The van der Waals surface area contributed by atoms with Gasteiger partial charge in [-0.15, -0.1) is 4.83 Å². The number of amides is 1. The molecule has 2 aromatic rings. The fourth-order valence-corrected chi connectivity index (χ4v) is 3.07. The summed E-state index contributed by atoms with van der Waals surface area (Å²) in [5.74, 6) is -1.33. The lowest BCUT2D eigenvalue weighted by molar-refractivity contribution is 0.0588. The summed E-state index contributed by atoms with van der Waals surface area (Å²) in [7, 11) is -1.50. The molecule has 0 atom stereocenters. The van der Waals surface area contributed by atoms with Gasteiger partial charge >= 0.3 is 5.97 Å². The summed E-state index contributed by atoms with van der Waals surface area (Å²) >= 11 is 5.72. The minimum absolute atomic E-state index is 0.0573. The Morgan fingerprint density at radius 2 is 1.75 bits per heavy atom. The highest BCUT2D eigenvalue weighted by molar-refractivity contribution is 7.89. The number of aromatic nitrogens is 1. The van der Waals surface area contributed by atoms with Crippen LogP contribution in [-0.4, -0.2) is 32.0 Å². The van der Waals surface area contributed by atoms with Crippen LogP contribution < -0.4 is 10.3 Å². The van der Waals surface area contributed by atoms with Crippen molar-refractivity contribution in [2.24, 2.45) is 7.05 Å². The van der Waals surface area contributed by atoms with Crippen LogP contribution in [0.15, 0.2) is 41.4 Å². The van der Waals surface area contributed by atoms with E-state index in [1.807, 2.05) is 4.83 Å². The van der Waals surface area contributed by atoms with E-state index in [4.69, 9.17) is 11.6 Å². The lowest BCUT2D eigenvalue weighted by Gasteiger charge is -2.10. The molecule has 0 aliphatic rings. The van der Waals surface area contributed by atoms with Gasteiger partial charge in [0.15, 0.2) is 5.03 Å². The Balaban J connectivity index is 2.14. The fourth-order valence-electron chi connectivity index (χ4n) is 1.91. The number of ether oxygens (including phenoxy) is 1. The first-order valence-electron chi connectivity index (χ1n) is 6.58. The van der Waals surface area contributed by atoms with Crippen LogP contribution in [0.1, 0.15) is 20.8 Å². The third-order valence-corrected chi connectivity index (χ3v) is 4.73. The van der Waals surface area contributed by atoms with Gasteiger partial charge < -0.3 is 9.30 Å². The number of methoxy groups -OCH3 is 1. The Hall–Kier alpha value is -2.36. The number of nitrogens with one attached hydrogen (secondary N) is 2. The SMILES string of the molecule is COC(=O)c1ccc(S(=O)(=O)NNC(=O)c2ccc(Cl)cc2)n1C. The number of carbonyl (C=O) groups excluding carboxylic acids is 2. The molecular weight excluding hydrogens is 358 g/mol. The van der Waals surface area contributed by atoms with Crippen LogP contribution in [0.4, 0.5) is 0 Å². The Labute approximate surface area is 143 Å². The molecule has 0 unspecified atom stereocenters. The third kappa shape index (κ3) is 3.75. The number of carbonyl (C=O) groups is 2. The first kappa shape index (κ1) is 18.0. The van der Waals surface area contributed by atoms with Crippen molar-refractivity contribution in [1.82, 2.24) is 14.8 Å². The second kappa shape index (κ2) is 7.04. The summed E-state index contributed by atoms with van der Waals surface area (Å²) in [6.07, 6.45) is 0. The molecule has 1 aromatic carbocycles. The zero-order chi connectivity index (χ0) is 17.9. The monoisotopic (exact) mass is 371 g/mol. The summed E-state index contributed by atoms with van der Waals surface area (Å²) in [5, 5.41) is 0.241. The third-order valence-electron chi connectivity index (χ3n) is 3.15. The quantitative estimate of drug-likeness (QED) is 0.604. The zero-order valence-corrected chi connectivity index (χ0v) is 14.3. The number of nitrogens with zero attached hydrogens (tertiary/aromatic N) is 1. The van der Waals surface area contributed by atoms with Crippen LogP contribution in [0.25, 0.3) is 0 Å². The van der Waals surface area contributed by atoms with Crippen molar-refractivity contribution in [3.8, 4) is 0 Å². The highest BCUT2D eigenvalue weighted by Crippen LogP contribution is 2.14. The second-order valence-corrected chi connectivity index (χ2v) is 6.74. The predicted molar refractivity (Wildman–Crippen MR) is 86.0 cm³/mol. The molecule has 0 aliphatic carbocycles. The van der Waals surface area contributed by atoms with Crippen LogP contribution in [-0.2, 0) is 21.8 Å². The van der Waals surface area contributed by atoms with Gasteiger partial charge in [-0.2, -0.15) is 0 Å². The molecule has 1 heterocycles. The average Bonchev–Trinajstić information content (AvgIpc) is 2.95. The normalized spacial score (nSPS) is 11.1. The topological polar surface area (TPSA) is 106 Å². The van der Waals surface area contributed by atoms with Gasteiger partial charge in [0.05, 0.1) is 7.11 Å². The van der Waals surface area contributed by atoms with Gasteiger partial charge in [0.25, 0.3) is 15.9 Å². The number of hydrogen-bond donors (Lipinski definition) is 2. The highest BCUT2D eigenvalue weighted by atomic mass is 35.5. The molecule has 128 valence electrons. The van der Waals surface area contributed by atoms with Gasteiger partial charge in [-0.1, -0.05) is 11.6 Å². The zero-order valence-electron chi connectivity index (χ0n) is 12.7. The molecule has 8 nitrogen and oxygen atoms in total. The molecule has 0 fully saturated rings. The molecule has 0 aliphatic heterocycles. The number of sulfonamides is 1. The minimum atomic E-state index is -4.08. The van der Waals surface area contributed by atoms with Crippen LogP contribution >= 0.6 is 11.6 Å². The van der Waals surface area contributed by atoms with Crippen LogP contribution in [0.3, 0.4) is 0 Å². The number of esters is 1. The maximum absolute atomic E-state index is 12.2. The number of benzene rings is 1. The first-order valence-corrected chi connectivity index (χ1v) is 8.44. The fraction of sp³-hybridized carbons (Fsp3) is 0.143. The standard InChI is InChI=1S/C14H14ClN3O5S/c1-18-11(14(20)23-2)7-8-12(18)24(21,22)17-16-13(19)9-3-5-10(15)6-4-9/h3-8,17H,1-2H3,(H,16,19). The first-order chi connectivity index (χ1) is 11.3. The number of rotatable bonds is 5. The van der Waals surface area contributed by atoms with Gasteiger partial charge in [-0.3, -0.25) is 10.2 Å². The van der Waals surface area contributed by atoms with E-state index in [2.05, 4.69) is 10.2 Å². The van der Waals surface area contributed by atoms with Gasteiger partial charge in [0, 0.05) is 17.6 Å². The molecule has 0 saturated carbocycles. The molecule has 1 aromatic heterocycles. The smallest absolute Gasteiger partial charge is 0.354 e. The molecule has 1 amide bonds. The lowest BCUT2D eigenvalue weighted by atomic mass is 10.2. The van der Waals surface area contributed by atoms with Crippen molar-refractivity contribution in [1.29, 1.82) is 0 Å². The van der Waals surface area contributed by atoms with Crippen molar-refractivity contribution < 1.29 is 22.7 Å². The molecule has 10 heteroatoms. The highest BCUT2D eigenvalue weighted by Gasteiger charge is 2.23. The van der Waals surface area contributed by atoms with Crippen molar-refractivity contribution >= 4 is 33.5 Å². The van der Waals surface area contributed by atoms with Crippen LogP contribution in [0.2, 0.25) is 5.02 Å². The summed E-state index contributed by atoms with van der Waals surface area (Å²) in [6, 6.07) is 8.44. The number of hydrazine groups is 1. The summed E-state index contributed by atoms with van der Waals surface area (Å²) in [4.78, 5) is 25.4. The van der Waals surface area contributed by atoms with E-state index in [1.165, 1.54) is 50.6 Å². The van der Waals surface area contributed by atoms with E-state index >= 15 is 0 Å². The van der Waals surface area contributed by atoms with E-state index in [-0.39, 0.29) is 16.3 Å². The maximum atomic E-state index is 12.2. The van der Waals surface area contributed by atoms with Gasteiger partial charge in [0.1, 0.15) is 5.69 Å². The number of hydrogen-bond acceptors (Lipinski definition) is 5. The van der Waals surface area contributed by atoms with Crippen LogP contribution in [0, 0.1) is 0 Å². The van der Waals surface area contributed by atoms with E-state index in [1.54, 1.807) is 0 Å². The van der Waals surface area contributed by atoms with Crippen molar-refractivity contribution in [2.75, 3.05) is 7.11 Å². The van der Waals surface area contributed by atoms with Crippen molar-refractivity contribution in [2.45, 2.75) is 5.03 Å². The van der Waals surface area contributed by atoms with Crippen LogP contribution in [0.5, 0.6) is 0 Å². The van der Waals surface area contributed by atoms with E-state index < -0.39 is 21.9 Å². The maximum Gasteiger partial charge on any atom is 0.354 e. The van der Waals surface area contributed by atoms with Crippen molar-refractivity contribution in [3.63, 3.8) is 0 Å². The molecule has 0 spiro atoms. The summed E-state index contributed by atoms with van der Waals surface area (Å²) in [6.45, 7) is 0. The molecule has 2 N–H and O–H groups in total. The lowest BCUT2D eigenvalue weighted by Crippen LogP contribution is -2.42. The van der Waals surface area contributed by atoms with Gasteiger partial charge in [-0.25, -0.2) is 13.2 Å². The summed E-state index contributed by atoms with van der Waals surface area (Å²) < 4.78 is 30.2. The molecule has 0 saturated heterocycles. The van der Waals surface area contributed by atoms with Crippen molar-refractivity contribution in [3.05, 3.63) is 52.7 Å². The Kier molecular flexibility index (Phi) is 5.27. The number of halogens is 1.